The Morgan fingerprint density at radius 2 is 1.91 bits per heavy atom. The second-order valence-electron chi connectivity index (χ2n) is 6.36. The molecular weight excluding hydrogens is 276 g/mol. The van der Waals surface area contributed by atoms with Crippen molar-refractivity contribution in [1.82, 2.24) is 4.90 Å². The van der Waals surface area contributed by atoms with E-state index in [9.17, 15) is 4.79 Å². The van der Waals surface area contributed by atoms with Gasteiger partial charge in [-0.3, -0.25) is 4.79 Å². The van der Waals surface area contributed by atoms with E-state index in [1.807, 2.05) is 30.3 Å². The van der Waals surface area contributed by atoms with Gasteiger partial charge in [-0.05, 0) is 57.0 Å². The van der Waals surface area contributed by atoms with Crippen LogP contribution in [-0.4, -0.2) is 36.4 Å². The van der Waals surface area contributed by atoms with E-state index in [1.165, 1.54) is 12.8 Å². The Bertz CT molecular complexity index is 562. The van der Waals surface area contributed by atoms with Crippen molar-refractivity contribution in [3.63, 3.8) is 0 Å². The van der Waals surface area contributed by atoms with Gasteiger partial charge in [0.05, 0.1) is 12.5 Å². The number of nitrogens with zero attached hydrogens (tertiary/aromatic N) is 2. The molecule has 2 aliphatic heterocycles. The number of rotatable bonds is 5. The normalized spacial score (nSPS) is 27.4. The summed E-state index contributed by atoms with van der Waals surface area (Å²) in [5.74, 6) is 1.16. The molecule has 2 saturated heterocycles. The zero-order valence-electron chi connectivity index (χ0n) is 13.0. The van der Waals surface area contributed by atoms with Gasteiger partial charge in [-0.1, -0.05) is 0 Å². The van der Waals surface area contributed by atoms with Crippen LogP contribution in [0.3, 0.4) is 0 Å². The standard InChI is InChI=1S/C18H22N2O2/c1-20-15-5-6-16(20)12-14(11-15)18(21)13-3-7-17(8-4-13)22-10-2-9-19/h3-4,7-8,14-16H,2,5-6,10-12H2,1H3. The molecule has 1 aromatic carbocycles. The molecular formula is C18H22N2O2. The first-order valence-corrected chi connectivity index (χ1v) is 8.05. The highest BCUT2D eigenvalue weighted by Crippen LogP contribution is 2.38. The van der Waals surface area contributed by atoms with Crippen LogP contribution in [0, 0.1) is 17.2 Å². The van der Waals surface area contributed by atoms with Gasteiger partial charge in [-0.15, -0.1) is 0 Å². The van der Waals surface area contributed by atoms with E-state index in [2.05, 4.69) is 11.9 Å². The zero-order chi connectivity index (χ0) is 15.5. The Morgan fingerprint density at radius 3 is 2.50 bits per heavy atom. The van der Waals surface area contributed by atoms with Gasteiger partial charge >= 0.3 is 0 Å². The lowest BCUT2D eigenvalue weighted by Crippen LogP contribution is -2.42. The minimum atomic E-state index is 0.166. The van der Waals surface area contributed by atoms with Crippen LogP contribution in [0.5, 0.6) is 5.75 Å². The molecule has 2 atom stereocenters. The number of Topliss-reactive ketones (excluding diaryl/α,β-unsaturated/α-hetero) is 1. The lowest BCUT2D eigenvalue weighted by atomic mass is 9.85. The zero-order valence-corrected chi connectivity index (χ0v) is 13.0. The van der Waals surface area contributed by atoms with E-state index < -0.39 is 0 Å². The van der Waals surface area contributed by atoms with Gasteiger partial charge in [0.15, 0.2) is 5.78 Å². The molecule has 116 valence electrons. The number of ketones is 1. The fourth-order valence-corrected chi connectivity index (χ4v) is 3.79. The van der Waals surface area contributed by atoms with Crippen molar-refractivity contribution in [2.24, 2.45) is 5.92 Å². The topological polar surface area (TPSA) is 53.3 Å². The maximum atomic E-state index is 12.7. The summed E-state index contributed by atoms with van der Waals surface area (Å²) < 4.78 is 5.44. The van der Waals surface area contributed by atoms with E-state index in [-0.39, 0.29) is 11.7 Å². The minimum absolute atomic E-state index is 0.166. The van der Waals surface area contributed by atoms with Crippen molar-refractivity contribution >= 4 is 5.78 Å². The highest BCUT2D eigenvalue weighted by molar-refractivity contribution is 5.98. The summed E-state index contributed by atoms with van der Waals surface area (Å²) in [6, 6.07) is 10.6. The molecule has 0 aliphatic carbocycles. The van der Waals surface area contributed by atoms with Crippen molar-refractivity contribution in [3.05, 3.63) is 29.8 Å². The van der Waals surface area contributed by atoms with Gasteiger partial charge in [0, 0.05) is 23.6 Å². The van der Waals surface area contributed by atoms with Crippen molar-refractivity contribution in [3.8, 4) is 11.8 Å². The summed E-state index contributed by atoms with van der Waals surface area (Å²) in [4.78, 5) is 15.1. The highest BCUT2D eigenvalue weighted by Gasteiger charge is 2.40. The first kappa shape index (κ1) is 15.1. The smallest absolute Gasteiger partial charge is 0.166 e. The third-order valence-corrected chi connectivity index (χ3v) is 5.09. The van der Waals surface area contributed by atoms with Crippen LogP contribution in [0.4, 0.5) is 0 Å². The molecule has 2 heterocycles. The number of fused-ring (bicyclic) bond motifs is 2. The first-order valence-electron chi connectivity index (χ1n) is 8.05. The van der Waals surface area contributed by atoms with Gasteiger partial charge in [-0.25, -0.2) is 0 Å². The molecule has 0 amide bonds. The first-order chi connectivity index (χ1) is 10.7. The molecule has 2 unspecified atom stereocenters. The van der Waals surface area contributed by atoms with Gasteiger partial charge in [0.2, 0.25) is 0 Å². The molecule has 0 N–H and O–H groups in total. The van der Waals surface area contributed by atoms with Crippen LogP contribution in [-0.2, 0) is 0 Å². The molecule has 4 heteroatoms. The number of nitriles is 1. The van der Waals surface area contributed by atoms with Gasteiger partial charge in [0.25, 0.3) is 0 Å². The molecule has 0 spiro atoms. The molecule has 4 nitrogen and oxygen atoms in total. The molecule has 2 aliphatic rings. The maximum absolute atomic E-state index is 12.7. The van der Waals surface area contributed by atoms with Gasteiger partial charge < -0.3 is 9.64 Å². The molecule has 3 rings (SSSR count). The molecule has 2 fully saturated rings. The number of benzene rings is 1. The number of hydrogen-bond acceptors (Lipinski definition) is 4. The SMILES string of the molecule is CN1C2CCC1CC(C(=O)c1ccc(OCCC#N)cc1)C2. The summed E-state index contributed by atoms with van der Waals surface area (Å²) in [5, 5.41) is 8.49. The van der Waals surface area contributed by atoms with Gasteiger partial charge in [-0.2, -0.15) is 5.26 Å². The molecule has 2 bridgehead atoms. The van der Waals surface area contributed by atoms with E-state index in [0.29, 0.717) is 25.1 Å². The predicted molar refractivity (Wildman–Crippen MR) is 83.8 cm³/mol. The summed E-state index contributed by atoms with van der Waals surface area (Å²) in [7, 11) is 2.19. The van der Waals surface area contributed by atoms with E-state index in [1.54, 1.807) is 0 Å². The highest BCUT2D eigenvalue weighted by atomic mass is 16.5. The summed E-state index contributed by atoms with van der Waals surface area (Å²) in [5.41, 5.74) is 0.779. The number of piperidine rings is 1. The number of carbonyl (C=O) groups is 1. The molecule has 0 aromatic heterocycles. The van der Waals surface area contributed by atoms with Crippen molar-refractivity contribution < 1.29 is 9.53 Å². The van der Waals surface area contributed by atoms with Crippen molar-refractivity contribution in [2.75, 3.05) is 13.7 Å². The van der Waals surface area contributed by atoms with Crippen LogP contribution in [0.15, 0.2) is 24.3 Å². The van der Waals surface area contributed by atoms with E-state index >= 15 is 0 Å². The fourth-order valence-electron chi connectivity index (χ4n) is 3.79. The summed E-state index contributed by atoms with van der Waals surface area (Å²) in [6.07, 6.45) is 4.82. The lowest BCUT2D eigenvalue weighted by Gasteiger charge is -2.35. The average molecular weight is 298 g/mol. The molecule has 0 radical (unpaired) electrons. The Balaban J connectivity index is 1.62. The Labute approximate surface area is 131 Å². The summed E-state index contributed by atoms with van der Waals surface area (Å²) in [6.45, 7) is 0.391. The second-order valence-corrected chi connectivity index (χ2v) is 6.36. The number of hydrogen-bond donors (Lipinski definition) is 0. The lowest BCUT2D eigenvalue weighted by molar-refractivity contribution is 0.0767. The fraction of sp³-hybridized carbons (Fsp3) is 0.556. The van der Waals surface area contributed by atoms with E-state index in [0.717, 1.165) is 24.2 Å². The average Bonchev–Trinajstić information content (AvgIpc) is 2.76. The van der Waals surface area contributed by atoms with Crippen molar-refractivity contribution in [1.29, 1.82) is 5.26 Å². The quantitative estimate of drug-likeness (QED) is 0.619. The third-order valence-electron chi connectivity index (χ3n) is 5.09. The molecule has 0 saturated carbocycles. The predicted octanol–water partition coefficient (Wildman–Crippen LogP) is 3.03. The Hall–Kier alpha value is -1.86. The van der Waals surface area contributed by atoms with Crippen LogP contribution in [0.2, 0.25) is 0 Å². The summed E-state index contributed by atoms with van der Waals surface area (Å²) >= 11 is 0. The van der Waals surface area contributed by atoms with Crippen LogP contribution in [0.1, 0.15) is 42.5 Å². The minimum Gasteiger partial charge on any atom is -0.493 e. The van der Waals surface area contributed by atoms with Crippen LogP contribution >= 0.6 is 0 Å². The monoisotopic (exact) mass is 298 g/mol. The third kappa shape index (κ3) is 3.00. The molecule has 1 aromatic rings. The second kappa shape index (κ2) is 6.50. The van der Waals surface area contributed by atoms with Gasteiger partial charge in [0.1, 0.15) is 12.4 Å². The maximum Gasteiger partial charge on any atom is 0.166 e. The number of ether oxygens (including phenoxy) is 1. The van der Waals surface area contributed by atoms with Crippen LogP contribution in [0.25, 0.3) is 0 Å². The van der Waals surface area contributed by atoms with Crippen LogP contribution < -0.4 is 4.74 Å². The van der Waals surface area contributed by atoms with E-state index in [4.69, 9.17) is 10.00 Å². The Morgan fingerprint density at radius 1 is 1.27 bits per heavy atom. The molecule has 22 heavy (non-hydrogen) atoms. The Kier molecular flexibility index (Phi) is 4.44. The largest absolute Gasteiger partial charge is 0.493 e. The van der Waals surface area contributed by atoms with Crippen molar-refractivity contribution in [2.45, 2.75) is 44.2 Å². The number of carbonyl (C=O) groups excluding carboxylic acids is 1.